The SMILES string of the molecule is COCC(=O)N(CCc1cscn1)Cc1cccnc1. The van der Waals surface area contributed by atoms with E-state index >= 15 is 0 Å². The fraction of sp³-hybridized carbons (Fsp3) is 0.357. The first kappa shape index (κ1) is 14.6. The van der Waals surface area contributed by atoms with Crippen LogP contribution in [0.1, 0.15) is 11.3 Å². The predicted octanol–water partition coefficient (Wildman–Crippen LogP) is 1.76. The lowest BCUT2D eigenvalue weighted by Gasteiger charge is -2.22. The summed E-state index contributed by atoms with van der Waals surface area (Å²) in [6.07, 6.45) is 4.25. The Morgan fingerprint density at radius 3 is 3.05 bits per heavy atom. The van der Waals surface area contributed by atoms with Gasteiger partial charge >= 0.3 is 0 Å². The van der Waals surface area contributed by atoms with Crippen molar-refractivity contribution in [3.63, 3.8) is 0 Å². The number of ether oxygens (including phenoxy) is 1. The molecule has 0 atom stereocenters. The first-order valence-electron chi connectivity index (χ1n) is 6.32. The summed E-state index contributed by atoms with van der Waals surface area (Å²) in [4.78, 5) is 22.2. The number of pyridine rings is 1. The van der Waals surface area contributed by atoms with E-state index in [4.69, 9.17) is 4.74 Å². The van der Waals surface area contributed by atoms with E-state index in [1.165, 1.54) is 7.11 Å². The van der Waals surface area contributed by atoms with Crippen LogP contribution in [0, 0.1) is 0 Å². The van der Waals surface area contributed by atoms with E-state index in [9.17, 15) is 4.79 Å². The van der Waals surface area contributed by atoms with Gasteiger partial charge in [-0.3, -0.25) is 9.78 Å². The number of hydrogen-bond donors (Lipinski definition) is 0. The highest BCUT2D eigenvalue weighted by atomic mass is 32.1. The van der Waals surface area contributed by atoms with Crippen LogP contribution in [-0.2, 0) is 22.5 Å². The number of hydrogen-bond acceptors (Lipinski definition) is 5. The van der Waals surface area contributed by atoms with Gasteiger partial charge in [-0.05, 0) is 11.6 Å². The Kier molecular flexibility index (Phi) is 5.64. The first-order chi connectivity index (χ1) is 9.79. The van der Waals surface area contributed by atoms with Crippen LogP contribution in [0.5, 0.6) is 0 Å². The summed E-state index contributed by atoms with van der Waals surface area (Å²) in [5.41, 5.74) is 3.82. The maximum Gasteiger partial charge on any atom is 0.248 e. The molecule has 106 valence electrons. The smallest absolute Gasteiger partial charge is 0.248 e. The highest BCUT2D eigenvalue weighted by molar-refractivity contribution is 7.07. The van der Waals surface area contributed by atoms with Crippen LogP contribution in [-0.4, -0.2) is 41.0 Å². The molecular formula is C14H17N3O2S. The van der Waals surface area contributed by atoms with Crippen molar-refractivity contribution in [1.82, 2.24) is 14.9 Å². The molecule has 6 heteroatoms. The lowest BCUT2D eigenvalue weighted by atomic mass is 10.2. The second kappa shape index (κ2) is 7.72. The van der Waals surface area contributed by atoms with Gasteiger partial charge in [0.15, 0.2) is 0 Å². The van der Waals surface area contributed by atoms with Crippen molar-refractivity contribution in [2.45, 2.75) is 13.0 Å². The molecule has 0 fully saturated rings. The Hall–Kier alpha value is -1.79. The molecule has 0 saturated carbocycles. The Bertz CT molecular complexity index is 516. The second-order valence-electron chi connectivity index (χ2n) is 4.34. The van der Waals surface area contributed by atoms with Crippen molar-refractivity contribution in [1.29, 1.82) is 0 Å². The molecule has 0 N–H and O–H groups in total. The van der Waals surface area contributed by atoms with E-state index in [1.54, 1.807) is 34.1 Å². The monoisotopic (exact) mass is 291 g/mol. The molecule has 0 aliphatic carbocycles. The Labute approximate surface area is 122 Å². The van der Waals surface area contributed by atoms with Gasteiger partial charge in [-0.25, -0.2) is 4.98 Å². The Morgan fingerprint density at radius 1 is 1.50 bits per heavy atom. The number of carbonyl (C=O) groups is 1. The number of nitrogens with zero attached hydrogens (tertiary/aromatic N) is 3. The molecular weight excluding hydrogens is 274 g/mol. The van der Waals surface area contributed by atoms with Crippen LogP contribution in [0.4, 0.5) is 0 Å². The van der Waals surface area contributed by atoms with Crippen molar-refractivity contribution >= 4 is 17.2 Å². The number of thiazole rings is 1. The van der Waals surface area contributed by atoms with E-state index in [1.807, 2.05) is 17.5 Å². The van der Waals surface area contributed by atoms with Crippen LogP contribution in [0.25, 0.3) is 0 Å². The zero-order valence-corrected chi connectivity index (χ0v) is 12.2. The van der Waals surface area contributed by atoms with E-state index in [-0.39, 0.29) is 12.5 Å². The molecule has 20 heavy (non-hydrogen) atoms. The Balaban J connectivity index is 1.98. The number of aromatic nitrogens is 2. The van der Waals surface area contributed by atoms with E-state index < -0.39 is 0 Å². The highest BCUT2D eigenvalue weighted by Gasteiger charge is 2.14. The fourth-order valence-corrected chi connectivity index (χ4v) is 2.42. The van der Waals surface area contributed by atoms with Crippen LogP contribution >= 0.6 is 11.3 Å². The zero-order valence-electron chi connectivity index (χ0n) is 11.4. The summed E-state index contributed by atoms with van der Waals surface area (Å²) in [6.45, 7) is 1.26. The molecule has 2 aromatic heterocycles. The van der Waals surface area contributed by atoms with Gasteiger partial charge in [-0.15, -0.1) is 11.3 Å². The van der Waals surface area contributed by atoms with Crippen molar-refractivity contribution in [2.24, 2.45) is 0 Å². The molecule has 0 unspecified atom stereocenters. The van der Waals surface area contributed by atoms with Crippen LogP contribution in [0.15, 0.2) is 35.4 Å². The normalized spacial score (nSPS) is 10.4. The first-order valence-corrected chi connectivity index (χ1v) is 7.26. The highest BCUT2D eigenvalue weighted by Crippen LogP contribution is 2.07. The van der Waals surface area contributed by atoms with E-state index in [2.05, 4.69) is 9.97 Å². The maximum absolute atomic E-state index is 12.1. The molecule has 2 rings (SSSR count). The molecule has 0 bridgehead atoms. The van der Waals surface area contributed by atoms with Gasteiger partial charge in [-0.1, -0.05) is 6.07 Å². The van der Waals surface area contributed by atoms with Crippen molar-refractivity contribution in [3.05, 3.63) is 46.7 Å². The minimum Gasteiger partial charge on any atom is -0.375 e. The molecule has 0 aliphatic rings. The second-order valence-corrected chi connectivity index (χ2v) is 5.06. The third kappa shape index (κ3) is 4.40. The summed E-state index contributed by atoms with van der Waals surface area (Å²) < 4.78 is 4.94. The average molecular weight is 291 g/mol. The van der Waals surface area contributed by atoms with Crippen LogP contribution in [0.3, 0.4) is 0 Å². The average Bonchev–Trinajstić information content (AvgIpc) is 2.98. The summed E-state index contributed by atoms with van der Waals surface area (Å²) >= 11 is 1.56. The van der Waals surface area contributed by atoms with Gasteiger partial charge in [0, 0.05) is 44.4 Å². The summed E-state index contributed by atoms with van der Waals surface area (Å²) in [6, 6.07) is 3.83. The van der Waals surface area contributed by atoms with Gasteiger partial charge < -0.3 is 9.64 Å². The lowest BCUT2D eigenvalue weighted by Crippen LogP contribution is -2.35. The summed E-state index contributed by atoms with van der Waals surface area (Å²) in [5.74, 6) is -0.0217. The molecule has 0 spiro atoms. The zero-order chi connectivity index (χ0) is 14.2. The molecule has 2 aromatic rings. The predicted molar refractivity (Wildman–Crippen MR) is 77.3 cm³/mol. The molecule has 2 heterocycles. The number of carbonyl (C=O) groups excluding carboxylic acids is 1. The van der Waals surface area contributed by atoms with Gasteiger partial charge in [0.2, 0.25) is 5.91 Å². The van der Waals surface area contributed by atoms with Gasteiger partial charge in [-0.2, -0.15) is 0 Å². The van der Waals surface area contributed by atoms with Crippen molar-refractivity contribution < 1.29 is 9.53 Å². The minimum atomic E-state index is -0.0217. The maximum atomic E-state index is 12.1. The molecule has 0 radical (unpaired) electrons. The third-order valence-electron chi connectivity index (χ3n) is 2.84. The molecule has 5 nitrogen and oxygen atoms in total. The third-order valence-corrected chi connectivity index (χ3v) is 3.47. The summed E-state index contributed by atoms with van der Waals surface area (Å²) in [7, 11) is 1.53. The number of rotatable bonds is 7. The van der Waals surface area contributed by atoms with Gasteiger partial charge in [0.05, 0.1) is 11.2 Å². The van der Waals surface area contributed by atoms with Crippen molar-refractivity contribution in [3.8, 4) is 0 Å². The largest absolute Gasteiger partial charge is 0.375 e. The Morgan fingerprint density at radius 2 is 2.40 bits per heavy atom. The van der Waals surface area contributed by atoms with Gasteiger partial charge in [0.1, 0.15) is 6.61 Å². The lowest BCUT2D eigenvalue weighted by molar-refractivity contribution is -0.135. The standard InChI is InChI=1S/C14H17N3O2S/c1-19-9-14(18)17(6-4-13-10-20-11-16-13)8-12-3-2-5-15-7-12/h2-3,5,7,10-11H,4,6,8-9H2,1H3. The minimum absolute atomic E-state index is 0.0217. The quantitative estimate of drug-likeness (QED) is 0.780. The molecule has 0 saturated heterocycles. The topological polar surface area (TPSA) is 55.3 Å². The van der Waals surface area contributed by atoms with Crippen molar-refractivity contribution in [2.75, 3.05) is 20.3 Å². The fourth-order valence-electron chi connectivity index (χ4n) is 1.83. The molecule has 1 amide bonds. The van der Waals surface area contributed by atoms with Crippen LogP contribution in [0.2, 0.25) is 0 Å². The number of amides is 1. The summed E-state index contributed by atoms with van der Waals surface area (Å²) in [5, 5.41) is 2.00. The number of methoxy groups -OCH3 is 1. The van der Waals surface area contributed by atoms with E-state index in [0.29, 0.717) is 13.1 Å². The molecule has 0 aliphatic heterocycles. The molecule has 0 aromatic carbocycles. The van der Waals surface area contributed by atoms with Gasteiger partial charge in [0.25, 0.3) is 0 Å². The van der Waals surface area contributed by atoms with Crippen LogP contribution < -0.4 is 0 Å². The van der Waals surface area contributed by atoms with E-state index in [0.717, 1.165) is 17.7 Å².